The monoisotopic (exact) mass is 673 g/mol. The highest BCUT2D eigenvalue weighted by Crippen LogP contribution is 2.54. The lowest BCUT2D eigenvalue weighted by Gasteiger charge is -2.31. The maximum atomic E-state index is 14.1. The molecule has 0 unspecified atom stereocenters. The van der Waals surface area contributed by atoms with Crippen LogP contribution in [0.2, 0.25) is 0 Å². The Kier molecular flexibility index (Phi) is 8.93. The van der Waals surface area contributed by atoms with E-state index in [2.05, 4.69) is 5.32 Å². The Bertz CT molecular complexity index is 1930. The number of hydrogen-bond donors (Lipinski definition) is 1. The minimum Gasteiger partial charge on any atom is -0.493 e. The van der Waals surface area contributed by atoms with Gasteiger partial charge in [0.25, 0.3) is 0 Å². The second-order valence-electron chi connectivity index (χ2n) is 11.0. The number of anilines is 2. The van der Waals surface area contributed by atoms with Gasteiger partial charge in [-0.3, -0.25) is 23.7 Å². The summed E-state index contributed by atoms with van der Waals surface area (Å²) in [6, 6.07) is 18.7. The average Bonchev–Trinajstić information content (AvgIpc) is 3.51. The second-order valence-corrected chi connectivity index (χ2v) is 13.1. The van der Waals surface area contributed by atoms with E-state index in [9.17, 15) is 24.0 Å². The number of nitrogens with zero attached hydrogens (tertiary/aromatic N) is 2. The first kappa shape index (κ1) is 32.1. The number of thiazole rings is 1. The highest BCUT2D eigenvalue weighted by atomic mass is 32.2. The molecule has 4 aromatic rings. The summed E-state index contributed by atoms with van der Waals surface area (Å²) in [6.45, 7) is 3.56. The molecule has 242 valence electrons. The van der Waals surface area contributed by atoms with Crippen molar-refractivity contribution in [3.63, 3.8) is 0 Å². The molecular formula is C34H31N3O8S2. The molecule has 1 aromatic heterocycles. The standard InChI is InChI=1S/C34H31N3O8S2/c1-5-45-33(41)19-8-11-21(12-9-19)35-25(38)17-36-32-29(47-34(36)42)26(20-10-15-23(43-3)24(16-20)44-4)27-28(46-32)31(40)37(30(27)39)22-13-6-18(2)7-14-22/h6-16,26-28H,5,17H2,1-4H3,(H,35,38)/t26-,27+,28-/m0/s1. The number of amides is 3. The topological polar surface area (TPSA) is 133 Å². The van der Waals surface area contributed by atoms with Crippen LogP contribution in [0.4, 0.5) is 11.4 Å². The van der Waals surface area contributed by atoms with Crippen LogP contribution >= 0.6 is 23.1 Å². The molecular weight excluding hydrogens is 643 g/mol. The molecule has 0 aliphatic carbocycles. The Morgan fingerprint density at radius 3 is 2.26 bits per heavy atom. The van der Waals surface area contributed by atoms with Crippen LogP contribution in [0.1, 0.15) is 39.2 Å². The van der Waals surface area contributed by atoms with Crippen molar-refractivity contribution in [3.8, 4) is 11.5 Å². The summed E-state index contributed by atoms with van der Waals surface area (Å²) in [7, 11) is 3.03. The van der Waals surface area contributed by atoms with Crippen molar-refractivity contribution in [2.24, 2.45) is 5.92 Å². The first-order valence-corrected chi connectivity index (χ1v) is 16.5. The van der Waals surface area contributed by atoms with E-state index in [4.69, 9.17) is 14.2 Å². The number of rotatable bonds is 9. The van der Waals surface area contributed by atoms with E-state index in [0.717, 1.165) is 28.7 Å². The van der Waals surface area contributed by atoms with Gasteiger partial charge in [-0.15, -0.1) is 0 Å². The van der Waals surface area contributed by atoms with Gasteiger partial charge in [0.05, 0.1) is 43.0 Å². The summed E-state index contributed by atoms with van der Waals surface area (Å²) in [5, 5.41) is 2.38. The number of hydrogen-bond acceptors (Lipinski definition) is 10. The predicted octanol–water partition coefficient (Wildman–Crippen LogP) is 4.85. The number of thioether (sulfide) groups is 1. The van der Waals surface area contributed by atoms with Crippen molar-refractivity contribution < 1.29 is 33.4 Å². The largest absolute Gasteiger partial charge is 0.493 e. The van der Waals surface area contributed by atoms with Crippen LogP contribution in [-0.4, -0.2) is 54.3 Å². The molecule has 0 saturated carbocycles. The van der Waals surface area contributed by atoms with Crippen molar-refractivity contribution in [1.29, 1.82) is 0 Å². The zero-order chi connectivity index (χ0) is 33.4. The maximum Gasteiger partial charge on any atom is 0.338 e. The van der Waals surface area contributed by atoms with Gasteiger partial charge in [0.15, 0.2) is 11.5 Å². The Balaban J connectivity index is 1.37. The Labute approximate surface area is 278 Å². The molecule has 47 heavy (non-hydrogen) atoms. The minimum atomic E-state index is -0.840. The Morgan fingerprint density at radius 1 is 0.894 bits per heavy atom. The number of methoxy groups -OCH3 is 2. The second kappa shape index (κ2) is 13.1. The molecule has 11 nitrogen and oxygen atoms in total. The smallest absolute Gasteiger partial charge is 0.338 e. The summed E-state index contributed by atoms with van der Waals surface area (Å²) < 4.78 is 17.3. The Hall–Kier alpha value is -4.88. The number of aryl methyl sites for hydroxylation is 1. The molecule has 2 aliphatic rings. The van der Waals surface area contributed by atoms with Crippen LogP contribution in [0, 0.1) is 12.8 Å². The summed E-state index contributed by atoms with van der Waals surface area (Å²) in [6.07, 6.45) is 0. The quantitative estimate of drug-likeness (QED) is 0.196. The van der Waals surface area contributed by atoms with Gasteiger partial charge in [-0.2, -0.15) is 0 Å². The minimum absolute atomic E-state index is 0.243. The van der Waals surface area contributed by atoms with E-state index in [1.54, 1.807) is 61.5 Å². The van der Waals surface area contributed by atoms with E-state index in [1.165, 1.54) is 23.7 Å². The van der Waals surface area contributed by atoms with Crippen LogP contribution in [0.15, 0.2) is 76.6 Å². The normalized spacial score (nSPS) is 18.4. The van der Waals surface area contributed by atoms with Gasteiger partial charge < -0.3 is 19.5 Å². The molecule has 6 rings (SSSR count). The molecule has 0 radical (unpaired) electrons. The molecule has 1 saturated heterocycles. The zero-order valence-electron chi connectivity index (χ0n) is 26.0. The summed E-state index contributed by atoms with van der Waals surface area (Å²) >= 11 is 2.09. The number of ether oxygens (including phenoxy) is 3. The van der Waals surface area contributed by atoms with Crippen LogP contribution in [0.25, 0.3) is 0 Å². The highest BCUT2D eigenvalue weighted by Gasteiger charge is 2.57. The molecule has 1 N–H and O–H groups in total. The molecule has 3 atom stereocenters. The van der Waals surface area contributed by atoms with E-state index >= 15 is 0 Å². The van der Waals surface area contributed by atoms with E-state index in [0.29, 0.717) is 43.9 Å². The molecule has 13 heteroatoms. The van der Waals surface area contributed by atoms with Crippen LogP contribution in [-0.2, 0) is 25.7 Å². The summed E-state index contributed by atoms with van der Waals surface area (Å²) in [5.74, 6) is -2.24. The lowest BCUT2D eigenvalue weighted by atomic mass is 9.83. The third kappa shape index (κ3) is 5.92. The van der Waals surface area contributed by atoms with Crippen LogP contribution < -0.4 is 24.6 Å². The fourth-order valence-corrected chi connectivity index (χ4v) is 8.63. The summed E-state index contributed by atoms with van der Waals surface area (Å²) in [5.41, 5.74) is 2.91. The van der Waals surface area contributed by atoms with Crippen molar-refractivity contribution in [2.75, 3.05) is 31.0 Å². The number of imide groups is 1. The zero-order valence-corrected chi connectivity index (χ0v) is 27.6. The fraction of sp³-hybridized carbons (Fsp3) is 0.265. The average molecular weight is 674 g/mol. The number of benzene rings is 3. The molecule has 3 aromatic carbocycles. The molecule has 0 bridgehead atoms. The number of aromatic nitrogens is 1. The molecule has 0 spiro atoms. The molecule has 1 fully saturated rings. The molecule has 3 heterocycles. The number of carbonyl (C=O) groups excluding carboxylic acids is 4. The third-order valence-corrected chi connectivity index (χ3v) is 10.7. The van der Waals surface area contributed by atoms with Crippen molar-refractivity contribution in [3.05, 3.63) is 98.0 Å². The molecule has 2 aliphatic heterocycles. The lowest BCUT2D eigenvalue weighted by Crippen LogP contribution is -2.33. The molecule has 3 amide bonds. The van der Waals surface area contributed by atoms with E-state index in [-0.39, 0.29) is 25.0 Å². The number of fused-ring (bicyclic) bond motifs is 2. The SMILES string of the molecule is CCOC(=O)c1ccc(NC(=O)Cn2c3c(sc2=O)[C@@H](c2ccc(OC)c(OC)c2)[C@H]2C(=O)N(c4ccc(C)cc4)C(=O)[C@H]2S3)cc1. The summed E-state index contributed by atoms with van der Waals surface area (Å²) in [4.78, 5) is 68.3. The van der Waals surface area contributed by atoms with E-state index < -0.39 is 33.8 Å². The number of carbonyl (C=O) groups is 4. The first-order valence-electron chi connectivity index (χ1n) is 14.8. The van der Waals surface area contributed by atoms with Crippen molar-refractivity contribution in [2.45, 2.75) is 36.6 Å². The van der Waals surface area contributed by atoms with Gasteiger partial charge in [-0.05, 0) is 67.9 Å². The van der Waals surface area contributed by atoms with Gasteiger partial charge in [0.2, 0.25) is 17.7 Å². The predicted molar refractivity (Wildman–Crippen MR) is 178 cm³/mol. The van der Waals surface area contributed by atoms with Gasteiger partial charge in [-0.1, -0.05) is 46.9 Å². The number of nitrogens with one attached hydrogen (secondary N) is 1. The van der Waals surface area contributed by atoms with E-state index in [1.807, 2.05) is 19.1 Å². The fourth-order valence-electron chi connectivity index (χ4n) is 5.86. The van der Waals surface area contributed by atoms with Crippen LogP contribution in [0.5, 0.6) is 11.5 Å². The highest BCUT2D eigenvalue weighted by molar-refractivity contribution is 8.00. The first-order chi connectivity index (χ1) is 22.6. The van der Waals surface area contributed by atoms with Gasteiger partial charge in [0, 0.05) is 16.5 Å². The lowest BCUT2D eigenvalue weighted by molar-refractivity contribution is -0.122. The van der Waals surface area contributed by atoms with Gasteiger partial charge in [0.1, 0.15) is 11.8 Å². The van der Waals surface area contributed by atoms with Crippen LogP contribution in [0.3, 0.4) is 0 Å². The number of esters is 1. The van der Waals surface area contributed by atoms with Gasteiger partial charge >= 0.3 is 10.8 Å². The van der Waals surface area contributed by atoms with Crippen molar-refractivity contribution in [1.82, 2.24) is 4.57 Å². The van der Waals surface area contributed by atoms with Crippen molar-refractivity contribution >= 4 is 58.2 Å². The maximum absolute atomic E-state index is 14.1. The van der Waals surface area contributed by atoms with Gasteiger partial charge in [-0.25, -0.2) is 9.69 Å². The Morgan fingerprint density at radius 2 is 1.60 bits per heavy atom. The third-order valence-electron chi connectivity index (χ3n) is 8.09.